The number of carbonyl (C=O) groups is 2. The van der Waals surface area contributed by atoms with Gasteiger partial charge in [0.1, 0.15) is 10.5 Å². The molecule has 2 amide bonds. The van der Waals surface area contributed by atoms with Crippen LogP contribution in [-0.4, -0.2) is 29.1 Å². The van der Waals surface area contributed by atoms with Gasteiger partial charge in [0.05, 0.1) is 5.69 Å². The summed E-state index contributed by atoms with van der Waals surface area (Å²) in [6.45, 7) is 1.99. The first-order chi connectivity index (χ1) is 16.0. The Bertz CT molecular complexity index is 1320. The second-order valence-corrected chi connectivity index (χ2v) is 8.27. The third-order valence-electron chi connectivity index (χ3n) is 5.03. The molecule has 0 bridgehead atoms. The molecule has 0 fully saturated rings. The number of hydrogen-bond acceptors (Lipinski definition) is 5. The van der Waals surface area contributed by atoms with Gasteiger partial charge in [0.25, 0.3) is 5.91 Å². The van der Waals surface area contributed by atoms with Gasteiger partial charge in [0.2, 0.25) is 5.91 Å². The average Bonchev–Trinajstić information content (AvgIpc) is 3.37. The van der Waals surface area contributed by atoms with E-state index in [9.17, 15) is 9.59 Å². The Morgan fingerprint density at radius 1 is 1.00 bits per heavy atom. The minimum absolute atomic E-state index is 0.119. The quantitative estimate of drug-likeness (QED) is 0.394. The molecule has 7 heteroatoms. The van der Waals surface area contributed by atoms with Crippen LogP contribution in [0.2, 0.25) is 0 Å². The van der Waals surface area contributed by atoms with Gasteiger partial charge in [-0.3, -0.25) is 9.59 Å². The molecule has 4 rings (SSSR count). The van der Waals surface area contributed by atoms with Crippen LogP contribution < -0.4 is 10.2 Å². The number of aromatic nitrogens is 2. The first-order valence-electron chi connectivity index (χ1n) is 10.3. The molecule has 0 aliphatic rings. The van der Waals surface area contributed by atoms with Crippen molar-refractivity contribution in [3.63, 3.8) is 0 Å². The molecule has 0 unspecified atom stereocenters. The molecule has 6 nitrogen and oxygen atoms in total. The van der Waals surface area contributed by atoms with E-state index < -0.39 is 0 Å². The molecule has 33 heavy (non-hydrogen) atoms. The van der Waals surface area contributed by atoms with E-state index in [1.807, 2.05) is 61.5 Å². The van der Waals surface area contributed by atoms with Crippen molar-refractivity contribution in [1.82, 2.24) is 10.2 Å². The van der Waals surface area contributed by atoms with Gasteiger partial charge in [-0.05, 0) is 60.5 Å². The second kappa shape index (κ2) is 10.0. The van der Waals surface area contributed by atoms with Gasteiger partial charge in [-0.1, -0.05) is 47.7 Å². The fraction of sp³-hybridized carbons (Fsp3) is 0.0769. The van der Waals surface area contributed by atoms with E-state index in [-0.39, 0.29) is 11.8 Å². The highest BCUT2D eigenvalue weighted by molar-refractivity contribution is 7.12. The predicted molar refractivity (Wildman–Crippen MR) is 133 cm³/mol. The fourth-order valence-corrected chi connectivity index (χ4v) is 3.93. The van der Waals surface area contributed by atoms with Gasteiger partial charge in [0.15, 0.2) is 0 Å². The first-order valence-corrected chi connectivity index (χ1v) is 11.2. The molecule has 1 aromatic heterocycles. The highest BCUT2D eigenvalue weighted by Gasteiger charge is 2.14. The summed E-state index contributed by atoms with van der Waals surface area (Å²) < 4.78 is 0. The van der Waals surface area contributed by atoms with Crippen molar-refractivity contribution in [2.24, 2.45) is 0 Å². The van der Waals surface area contributed by atoms with Gasteiger partial charge in [-0.25, -0.2) is 0 Å². The van der Waals surface area contributed by atoms with Gasteiger partial charge in [-0.2, -0.15) is 0 Å². The summed E-state index contributed by atoms with van der Waals surface area (Å²) in [6.07, 6.45) is 3.14. The standard InChI is InChI=1S/C26H22N4O2S/c1-18-7-5-10-21(15-18)30(2)26(32)20-9-6-8-19(16-20)13-14-24(31)28-23-12-4-3-11-22(23)25-29-27-17-33-25/h3-17H,1-2H3,(H,28,31)/b14-13+. The van der Waals surface area contributed by atoms with E-state index in [0.717, 1.165) is 27.4 Å². The minimum Gasteiger partial charge on any atom is -0.322 e. The monoisotopic (exact) mass is 454 g/mol. The van der Waals surface area contributed by atoms with Crippen LogP contribution in [0.4, 0.5) is 11.4 Å². The normalized spacial score (nSPS) is 10.8. The Hall–Kier alpha value is -4.10. The van der Waals surface area contributed by atoms with Crippen LogP contribution in [0, 0.1) is 6.92 Å². The zero-order chi connectivity index (χ0) is 23.2. The minimum atomic E-state index is -0.277. The summed E-state index contributed by atoms with van der Waals surface area (Å²) in [6, 6.07) is 22.4. The van der Waals surface area contributed by atoms with Crippen LogP contribution in [0.3, 0.4) is 0 Å². The largest absolute Gasteiger partial charge is 0.322 e. The molecule has 164 valence electrons. The Morgan fingerprint density at radius 2 is 1.82 bits per heavy atom. The van der Waals surface area contributed by atoms with Crippen LogP contribution in [0.1, 0.15) is 21.5 Å². The van der Waals surface area contributed by atoms with Crippen molar-refractivity contribution in [3.8, 4) is 10.6 Å². The maximum Gasteiger partial charge on any atom is 0.258 e. The average molecular weight is 455 g/mol. The summed E-state index contributed by atoms with van der Waals surface area (Å²) >= 11 is 1.41. The van der Waals surface area contributed by atoms with Crippen molar-refractivity contribution in [3.05, 3.63) is 101 Å². The molecule has 1 heterocycles. The molecular formula is C26H22N4O2S. The maximum absolute atomic E-state index is 13.0. The lowest BCUT2D eigenvalue weighted by atomic mass is 10.1. The molecule has 0 saturated heterocycles. The summed E-state index contributed by atoms with van der Waals surface area (Å²) in [7, 11) is 1.75. The summed E-state index contributed by atoms with van der Waals surface area (Å²) in [5, 5.41) is 11.6. The van der Waals surface area contributed by atoms with Crippen LogP contribution in [-0.2, 0) is 4.79 Å². The smallest absolute Gasteiger partial charge is 0.258 e. The van der Waals surface area contributed by atoms with Crippen molar-refractivity contribution < 1.29 is 9.59 Å². The Balaban J connectivity index is 1.47. The Morgan fingerprint density at radius 3 is 2.61 bits per heavy atom. The molecule has 0 aliphatic heterocycles. The van der Waals surface area contributed by atoms with Crippen LogP contribution in [0.25, 0.3) is 16.6 Å². The highest BCUT2D eigenvalue weighted by atomic mass is 32.1. The fourth-order valence-electron chi connectivity index (χ4n) is 3.34. The first kappa shape index (κ1) is 22.1. The Kier molecular flexibility index (Phi) is 6.71. The highest BCUT2D eigenvalue weighted by Crippen LogP contribution is 2.28. The van der Waals surface area contributed by atoms with Crippen LogP contribution in [0.5, 0.6) is 0 Å². The van der Waals surface area contributed by atoms with E-state index in [1.165, 1.54) is 17.4 Å². The summed E-state index contributed by atoms with van der Waals surface area (Å²) in [5.41, 5.74) is 6.34. The lowest BCUT2D eigenvalue weighted by molar-refractivity contribution is -0.111. The molecule has 1 N–H and O–H groups in total. The zero-order valence-electron chi connectivity index (χ0n) is 18.2. The number of nitrogens with zero attached hydrogens (tertiary/aromatic N) is 3. The van der Waals surface area contributed by atoms with Gasteiger partial charge in [-0.15, -0.1) is 10.2 Å². The van der Waals surface area contributed by atoms with Crippen LogP contribution >= 0.6 is 11.3 Å². The van der Waals surface area contributed by atoms with E-state index in [4.69, 9.17) is 0 Å². The van der Waals surface area contributed by atoms with E-state index in [1.54, 1.807) is 41.7 Å². The number of aryl methyl sites for hydroxylation is 1. The number of anilines is 2. The van der Waals surface area contributed by atoms with E-state index in [2.05, 4.69) is 15.5 Å². The topological polar surface area (TPSA) is 75.2 Å². The lowest BCUT2D eigenvalue weighted by Crippen LogP contribution is -2.26. The molecular weight excluding hydrogens is 432 g/mol. The number of hydrogen-bond donors (Lipinski definition) is 1. The number of para-hydroxylation sites is 1. The number of amides is 2. The molecule has 4 aromatic rings. The van der Waals surface area contributed by atoms with Gasteiger partial charge in [0, 0.05) is 29.9 Å². The summed E-state index contributed by atoms with van der Waals surface area (Å²) in [4.78, 5) is 27.1. The maximum atomic E-state index is 13.0. The van der Waals surface area contributed by atoms with E-state index in [0.29, 0.717) is 11.3 Å². The van der Waals surface area contributed by atoms with Gasteiger partial charge < -0.3 is 10.2 Å². The third-order valence-corrected chi connectivity index (χ3v) is 5.75. The van der Waals surface area contributed by atoms with Crippen LogP contribution in [0.15, 0.2) is 84.4 Å². The van der Waals surface area contributed by atoms with Crippen molar-refractivity contribution in [1.29, 1.82) is 0 Å². The van der Waals surface area contributed by atoms with E-state index >= 15 is 0 Å². The molecule has 0 saturated carbocycles. The molecule has 0 atom stereocenters. The molecule has 0 radical (unpaired) electrons. The number of carbonyl (C=O) groups excluding carboxylic acids is 2. The van der Waals surface area contributed by atoms with Crippen molar-refractivity contribution >= 4 is 40.6 Å². The van der Waals surface area contributed by atoms with Crippen molar-refractivity contribution in [2.75, 3.05) is 17.3 Å². The third kappa shape index (κ3) is 5.39. The second-order valence-electron chi connectivity index (χ2n) is 7.44. The SMILES string of the molecule is Cc1cccc(N(C)C(=O)c2cccc(/C=C/C(=O)Nc3ccccc3-c3nncs3)c2)c1. The lowest BCUT2D eigenvalue weighted by Gasteiger charge is -2.18. The Labute approximate surface area is 196 Å². The number of benzene rings is 3. The zero-order valence-corrected chi connectivity index (χ0v) is 19.0. The number of rotatable bonds is 6. The predicted octanol–water partition coefficient (Wildman–Crippen LogP) is 5.44. The molecule has 0 aliphatic carbocycles. The molecule has 0 spiro atoms. The number of nitrogens with one attached hydrogen (secondary N) is 1. The van der Waals surface area contributed by atoms with Gasteiger partial charge >= 0.3 is 0 Å². The van der Waals surface area contributed by atoms with Crippen molar-refractivity contribution in [2.45, 2.75) is 6.92 Å². The molecule has 3 aromatic carbocycles. The summed E-state index contributed by atoms with van der Waals surface area (Å²) in [5.74, 6) is -0.396.